The summed E-state index contributed by atoms with van der Waals surface area (Å²) in [4.78, 5) is 11.2. The first-order valence-corrected chi connectivity index (χ1v) is 6.84. The van der Waals surface area contributed by atoms with Gasteiger partial charge in [-0.3, -0.25) is 4.79 Å². The van der Waals surface area contributed by atoms with Gasteiger partial charge in [-0.2, -0.15) is 0 Å². The number of hydrogen-bond donors (Lipinski definition) is 2. The number of fused-ring (bicyclic) bond motifs is 3. The first-order chi connectivity index (χ1) is 9.61. The first kappa shape index (κ1) is 12.9. The second-order valence-electron chi connectivity index (χ2n) is 5.36. The lowest BCUT2D eigenvalue weighted by Gasteiger charge is -2.20. The molecular formula is C16H18N2O2. The van der Waals surface area contributed by atoms with E-state index in [2.05, 4.69) is 12.6 Å². The fourth-order valence-electron chi connectivity index (χ4n) is 3.23. The number of aromatic nitrogens is 1. The molecule has 0 bridgehead atoms. The van der Waals surface area contributed by atoms with Gasteiger partial charge in [-0.15, -0.1) is 0 Å². The highest BCUT2D eigenvalue weighted by Crippen LogP contribution is 2.34. The van der Waals surface area contributed by atoms with Gasteiger partial charge in [0.1, 0.15) is 6.54 Å². The van der Waals surface area contributed by atoms with Crippen LogP contribution in [0.3, 0.4) is 0 Å². The largest absolute Gasteiger partial charge is 0.480 e. The monoisotopic (exact) mass is 270 g/mol. The molecule has 20 heavy (non-hydrogen) atoms. The molecule has 104 valence electrons. The Kier molecular flexibility index (Phi) is 3.10. The minimum absolute atomic E-state index is 0.00801. The van der Waals surface area contributed by atoms with E-state index in [-0.39, 0.29) is 12.6 Å². The quantitative estimate of drug-likeness (QED) is 0.898. The van der Waals surface area contributed by atoms with E-state index >= 15 is 0 Å². The summed E-state index contributed by atoms with van der Waals surface area (Å²) in [5, 5.41) is 10.3. The predicted molar refractivity (Wildman–Crippen MR) is 79.7 cm³/mol. The number of rotatable bonds is 3. The van der Waals surface area contributed by atoms with Crippen molar-refractivity contribution in [3.63, 3.8) is 0 Å². The zero-order valence-corrected chi connectivity index (χ0v) is 11.3. The van der Waals surface area contributed by atoms with Gasteiger partial charge in [-0.1, -0.05) is 30.9 Å². The summed E-state index contributed by atoms with van der Waals surface area (Å²) in [5.41, 5.74) is 10.4. The van der Waals surface area contributed by atoms with Crippen molar-refractivity contribution in [2.24, 2.45) is 5.73 Å². The summed E-state index contributed by atoms with van der Waals surface area (Å²) in [6, 6.07) is 6.18. The molecule has 1 aromatic heterocycles. The lowest BCUT2D eigenvalue weighted by atomic mass is 9.92. The van der Waals surface area contributed by atoms with Crippen LogP contribution >= 0.6 is 0 Å². The Bertz CT molecular complexity index is 700. The van der Waals surface area contributed by atoms with Gasteiger partial charge >= 0.3 is 5.97 Å². The Labute approximate surface area is 117 Å². The number of carboxylic acids is 1. The second-order valence-corrected chi connectivity index (χ2v) is 5.36. The predicted octanol–water partition coefficient (Wildman–Crippen LogP) is 2.18. The van der Waals surface area contributed by atoms with Crippen molar-refractivity contribution in [3.8, 4) is 0 Å². The maximum Gasteiger partial charge on any atom is 0.323 e. The van der Waals surface area contributed by atoms with Gasteiger partial charge < -0.3 is 15.4 Å². The molecule has 3 rings (SSSR count). The van der Waals surface area contributed by atoms with Crippen LogP contribution in [0.2, 0.25) is 0 Å². The molecule has 0 spiro atoms. The molecule has 0 fully saturated rings. The maximum atomic E-state index is 11.2. The van der Waals surface area contributed by atoms with Crippen molar-refractivity contribution in [3.05, 3.63) is 41.6 Å². The van der Waals surface area contributed by atoms with Crippen LogP contribution in [0.5, 0.6) is 0 Å². The third-order valence-corrected chi connectivity index (χ3v) is 4.07. The lowest BCUT2D eigenvalue weighted by Crippen LogP contribution is -2.28. The van der Waals surface area contributed by atoms with Gasteiger partial charge in [0.2, 0.25) is 0 Å². The molecule has 1 aliphatic rings. The highest BCUT2D eigenvalue weighted by molar-refractivity contribution is 5.93. The van der Waals surface area contributed by atoms with E-state index in [1.165, 1.54) is 5.56 Å². The van der Waals surface area contributed by atoms with Crippen molar-refractivity contribution >= 4 is 22.9 Å². The fourth-order valence-corrected chi connectivity index (χ4v) is 3.23. The molecule has 1 unspecified atom stereocenters. The molecule has 2 aromatic rings. The number of hydrogen-bond acceptors (Lipinski definition) is 2. The minimum Gasteiger partial charge on any atom is -0.480 e. The normalized spacial score (nSPS) is 17.9. The average molecular weight is 270 g/mol. The summed E-state index contributed by atoms with van der Waals surface area (Å²) < 4.78 is 1.93. The molecule has 0 aliphatic heterocycles. The van der Waals surface area contributed by atoms with Gasteiger partial charge in [0, 0.05) is 17.1 Å². The molecule has 1 heterocycles. The third-order valence-electron chi connectivity index (χ3n) is 4.07. The molecule has 0 saturated carbocycles. The number of nitrogens with zero attached hydrogens (tertiary/aromatic N) is 1. The Hall–Kier alpha value is -2.07. The van der Waals surface area contributed by atoms with Gasteiger partial charge in [0.25, 0.3) is 0 Å². The topological polar surface area (TPSA) is 68.2 Å². The highest BCUT2D eigenvalue weighted by atomic mass is 16.4. The summed E-state index contributed by atoms with van der Waals surface area (Å²) in [5.74, 6) is -0.821. The van der Waals surface area contributed by atoms with Crippen molar-refractivity contribution in [1.82, 2.24) is 4.57 Å². The summed E-state index contributed by atoms with van der Waals surface area (Å²) in [7, 11) is 0. The SMILES string of the molecule is C=Cc1cccc2c3c(n(CC(=O)O)c12)CCC(N)C3. The van der Waals surface area contributed by atoms with E-state index in [0.717, 1.165) is 41.4 Å². The van der Waals surface area contributed by atoms with Crippen molar-refractivity contribution in [2.45, 2.75) is 31.8 Å². The minimum atomic E-state index is -0.821. The van der Waals surface area contributed by atoms with E-state index < -0.39 is 5.97 Å². The van der Waals surface area contributed by atoms with Crippen molar-refractivity contribution in [2.75, 3.05) is 0 Å². The molecule has 0 amide bonds. The smallest absolute Gasteiger partial charge is 0.323 e. The van der Waals surface area contributed by atoms with E-state index in [4.69, 9.17) is 5.73 Å². The molecule has 4 nitrogen and oxygen atoms in total. The Morgan fingerprint density at radius 1 is 1.55 bits per heavy atom. The Balaban J connectivity index is 2.33. The van der Waals surface area contributed by atoms with Crippen LogP contribution in [-0.2, 0) is 24.2 Å². The van der Waals surface area contributed by atoms with E-state index in [0.29, 0.717) is 0 Å². The van der Waals surface area contributed by atoms with Crippen molar-refractivity contribution in [1.29, 1.82) is 0 Å². The Morgan fingerprint density at radius 2 is 2.35 bits per heavy atom. The lowest BCUT2D eigenvalue weighted by molar-refractivity contribution is -0.137. The molecule has 1 atom stereocenters. The number of benzene rings is 1. The molecule has 1 aromatic carbocycles. The van der Waals surface area contributed by atoms with E-state index in [1.807, 2.05) is 16.7 Å². The van der Waals surface area contributed by atoms with Gasteiger partial charge in [-0.25, -0.2) is 0 Å². The average Bonchev–Trinajstić information content (AvgIpc) is 2.72. The third kappa shape index (κ3) is 1.93. The number of aliphatic carboxylic acids is 1. The molecule has 0 radical (unpaired) electrons. The zero-order chi connectivity index (χ0) is 14.3. The first-order valence-electron chi connectivity index (χ1n) is 6.84. The van der Waals surface area contributed by atoms with Crippen molar-refractivity contribution < 1.29 is 9.90 Å². The van der Waals surface area contributed by atoms with E-state index in [1.54, 1.807) is 6.08 Å². The number of para-hydroxylation sites is 1. The maximum absolute atomic E-state index is 11.2. The standard InChI is InChI=1S/C16H18N2O2/c1-2-10-4-3-5-12-13-8-11(17)6-7-14(13)18(16(10)12)9-15(19)20/h2-5,11H,1,6-9,17H2,(H,19,20). The van der Waals surface area contributed by atoms with Gasteiger partial charge in [0.15, 0.2) is 0 Å². The molecule has 3 N–H and O–H groups in total. The number of carbonyl (C=O) groups is 1. The summed E-state index contributed by atoms with van der Waals surface area (Å²) >= 11 is 0. The van der Waals surface area contributed by atoms with Crippen LogP contribution < -0.4 is 5.73 Å². The molecule has 0 saturated heterocycles. The van der Waals surface area contributed by atoms with Crippen LogP contribution in [0.4, 0.5) is 0 Å². The Morgan fingerprint density at radius 3 is 3.05 bits per heavy atom. The summed E-state index contributed by atoms with van der Waals surface area (Å²) in [6.45, 7) is 3.83. The molecule has 1 aliphatic carbocycles. The highest BCUT2D eigenvalue weighted by Gasteiger charge is 2.25. The van der Waals surface area contributed by atoms with Crippen LogP contribution in [0.15, 0.2) is 24.8 Å². The van der Waals surface area contributed by atoms with E-state index in [9.17, 15) is 9.90 Å². The summed E-state index contributed by atoms with van der Waals surface area (Å²) in [6.07, 6.45) is 4.35. The number of carboxylic acid groups (broad SMARTS) is 1. The van der Waals surface area contributed by atoms with Crippen LogP contribution in [0, 0.1) is 0 Å². The zero-order valence-electron chi connectivity index (χ0n) is 11.3. The van der Waals surface area contributed by atoms with Crippen LogP contribution in [-0.4, -0.2) is 21.7 Å². The molecule has 4 heteroatoms. The van der Waals surface area contributed by atoms with Crippen LogP contribution in [0.1, 0.15) is 23.2 Å². The fraction of sp³-hybridized carbons (Fsp3) is 0.312. The van der Waals surface area contributed by atoms with Gasteiger partial charge in [0.05, 0.1) is 5.52 Å². The van der Waals surface area contributed by atoms with Gasteiger partial charge in [-0.05, 0) is 30.4 Å². The van der Waals surface area contributed by atoms with Crippen LogP contribution in [0.25, 0.3) is 17.0 Å². The second kappa shape index (κ2) is 4.80. The number of nitrogens with two attached hydrogens (primary N) is 1. The molecular weight excluding hydrogens is 252 g/mol.